The van der Waals surface area contributed by atoms with E-state index in [9.17, 15) is 4.79 Å². The number of halogens is 2. The van der Waals surface area contributed by atoms with Gasteiger partial charge in [-0.3, -0.25) is 4.79 Å². The van der Waals surface area contributed by atoms with E-state index in [0.29, 0.717) is 10.8 Å². The molecule has 0 radical (unpaired) electrons. The monoisotopic (exact) mass is 401 g/mol. The summed E-state index contributed by atoms with van der Waals surface area (Å²) in [5, 5.41) is 6.39. The van der Waals surface area contributed by atoms with Crippen molar-refractivity contribution in [3.05, 3.63) is 51.2 Å². The van der Waals surface area contributed by atoms with Crippen molar-refractivity contribution in [1.82, 2.24) is 4.98 Å². The zero-order valence-electron chi connectivity index (χ0n) is 10.7. The van der Waals surface area contributed by atoms with E-state index < -0.39 is 0 Å². The number of aromatic nitrogens is 1. The van der Waals surface area contributed by atoms with Gasteiger partial charge in [0.15, 0.2) is 0 Å². The molecule has 0 fully saturated rings. The average Bonchev–Trinajstić information content (AvgIpc) is 2.44. The number of hydrogen-bond donors (Lipinski definition) is 2. The normalized spacial score (nSPS) is 11.8. The van der Waals surface area contributed by atoms with E-state index in [2.05, 4.69) is 38.2 Å². The van der Waals surface area contributed by atoms with Crippen LogP contribution in [-0.4, -0.2) is 16.9 Å². The van der Waals surface area contributed by atoms with Gasteiger partial charge in [-0.05, 0) is 65.9 Å². The van der Waals surface area contributed by atoms with Crippen LogP contribution in [0.15, 0.2) is 42.6 Å². The molecular weight excluding hydrogens is 389 g/mol. The Hall–Kier alpha value is -1.34. The molecule has 6 heteroatoms. The molecule has 20 heavy (non-hydrogen) atoms. The fourth-order valence-corrected chi connectivity index (χ4v) is 2.02. The highest BCUT2D eigenvalue weighted by Gasteiger charge is 2.13. The molecule has 0 aliphatic heterocycles. The summed E-state index contributed by atoms with van der Waals surface area (Å²) in [5.41, 5.74) is 0.900. The van der Waals surface area contributed by atoms with Crippen LogP contribution in [0.2, 0.25) is 5.02 Å². The lowest BCUT2D eigenvalue weighted by molar-refractivity contribution is -0.116. The predicted molar refractivity (Wildman–Crippen MR) is 90.1 cm³/mol. The minimum absolute atomic E-state index is 0.154. The molecular formula is C14H13ClIN3O. The van der Waals surface area contributed by atoms with Gasteiger partial charge in [0.1, 0.15) is 11.9 Å². The quantitative estimate of drug-likeness (QED) is 0.767. The van der Waals surface area contributed by atoms with Crippen LogP contribution in [0.5, 0.6) is 0 Å². The maximum Gasteiger partial charge on any atom is 0.247 e. The minimum atomic E-state index is -0.368. The second kappa shape index (κ2) is 6.90. The summed E-state index contributed by atoms with van der Waals surface area (Å²) in [4.78, 5) is 16.0. The molecule has 2 N–H and O–H groups in total. The summed E-state index contributed by atoms with van der Waals surface area (Å²) in [6.45, 7) is 1.79. The number of pyridine rings is 1. The van der Waals surface area contributed by atoms with Crippen LogP contribution < -0.4 is 10.6 Å². The van der Waals surface area contributed by atoms with E-state index in [1.165, 1.54) is 6.20 Å². The lowest BCUT2D eigenvalue weighted by atomic mass is 10.2. The van der Waals surface area contributed by atoms with Crippen molar-refractivity contribution >= 4 is 51.6 Å². The standard InChI is InChI=1S/C14H13ClIN3O/c1-9(18-12-5-3-11(16)4-6-12)14(20)19-13-7-2-10(15)8-17-13/h2-9,18H,1H3,(H,17,19,20)/t9-/m1/s1. The summed E-state index contributed by atoms with van der Waals surface area (Å²) in [6.07, 6.45) is 1.49. The number of carbonyl (C=O) groups excluding carboxylic acids is 1. The second-order valence-electron chi connectivity index (χ2n) is 4.22. The molecule has 0 saturated heterocycles. The van der Waals surface area contributed by atoms with Gasteiger partial charge in [-0.1, -0.05) is 11.6 Å². The van der Waals surface area contributed by atoms with E-state index in [-0.39, 0.29) is 11.9 Å². The van der Waals surface area contributed by atoms with Crippen molar-refractivity contribution < 1.29 is 4.79 Å². The van der Waals surface area contributed by atoms with Gasteiger partial charge in [0, 0.05) is 15.5 Å². The van der Waals surface area contributed by atoms with Crippen molar-refractivity contribution in [2.75, 3.05) is 10.6 Å². The molecule has 0 saturated carbocycles. The van der Waals surface area contributed by atoms with Crippen LogP contribution in [0.1, 0.15) is 6.92 Å². The van der Waals surface area contributed by atoms with Crippen LogP contribution >= 0.6 is 34.2 Å². The van der Waals surface area contributed by atoms with Crippen molar-refractivity contribution in [2.24, 2.45) is 0 Å². The number of benzene rings is 1. The molecule has 1 heterocycles. The van der Waals surface area contributed by atoms with E-state index in [0.717, 1.165) is 9.26 Å². The summed E-state index contributed by atoms with van der Waals surface area (Å²) in [6, 6.07) is 10.8. The van der Waals surface area contributed by atoms with Crippen LogP contribution in [0.3, 0.4) is 0 Å². The number of rotatable bonds is 4. The number of anilines is 2. The van der Waals surface area contributed by atoms with Gasteiger partial charge < -0.3 is 10.6 Å². The van der Waals surface area contributed by atoms with E-state index >= 15 is 0 Å². The van der Waals surface area contributed by atoms with Crippen LogP contribution in [0, 0.1) is 3.57 Å². The molecule has 2 rings (SSSR count). The van der Waals surface area contributed by atoms with Gasteiger partial charge >= 0.3 is 0 Å². The van der Waals surface area contributed by atoms with E-state index in [1.807, 2.05) is 24.3 Å². The van der Waals surface area contributed by atoms with E-state index in [1.54, 1.807) is 19.1 Å². The number of carbonyl (C=O) groups is 1. The summed E-state index contributed by atoms with van der Waals surface area (Å²) in [7, 11) is 0. The molecule has 1 atom stereocenters. The summed E-state index contributed by atoms with van der Waals surface area (Å²) in [5.74, 6) is 0.328. The largest absolute Gasteiger partial charge is 0.374 e. The zero-order valence-corrected chi connectivity index (χ0v) is 13.6. The first-order chi connectivity index (χ1) is 9.54. The topological polar surface area (TPSA) is 54.0 Å². The van der Waals surface area contributed by atoms with E-state index in [4.69, 9.17) is 11.6 Å². The first kappa shape index (κ1) is 15.1. The van der Waals surface area contributed by atoms with Gasteiger partial charge in [-0.2, -0.15) is 0 Å². The SMILES string of the molecule is C[C@@H](Nc1ccc(I)cc1)C(=O)Nc1ccc(Cl)cn1. The van der Waals surface area contributed by atoms with Crippen LogP contribution in [0.4, 0.5) is 11.5 Å². The molecule has 2 aromatic rings. The Morgan fingerprint density at radius 2 is 1.95 bits per heavy atom. The van der Waals surface area contributed by atoms with Crippen molar-refractivity contribution in [3.8, 4) is 0 Å². The number of hydrogen-bond acceptors (Lipinski definition) is 3. The third kappa shape index (κ3) is 4.35. The molecule has 1 amide bonds. The summed E-state index contributed by atoms with van der Waals surface area (Å²) >= 11 is 7.98. The second-order valence-corrected chi connectivity index (χ2v) is 5.91. The minimum Gasteiger partial charge on any atom is -0.374 e. The lowest BCUT2D eigenvalue weighted by Gasteiger charge is -2.15. The van der Waals surface area contributed by atoms with Crippen molar-refractivity contribution in [2.45, 2.75) is 13.0 Å². The first-order valence-corrected chi connectivity index (χ1v) is 7.45. The molecule has 0 unspecified atom stereocenters. The Kier molecular flexibility index (Phi) is 5.19. The fourth-order valence-electron chi connectivity index (χ4n) is 1.55. The highest BCUT2D eigenvalue weighted by Crippen LogP contribution is 2.13. The highest BCUT2D eigenvalue weighted by molar-refractivity contribution is 14.1. The first-order valence-electron chi connectivity index (χ1n) is 5.99. The lowest BCUT2D eigenvalue weighted by Crippen LogP contribution is -2.32. The van der Waals surface area contributed by atoms with Gasteiger partial charge in [0.25, 0.3) is 0 Å². The summed E-state index contributed by atoms with van der Waals surface area (Å²) < 4.78 is 1.15. The van der Waals surface area contributed by atoms with Gasteiger partial charge in [-0.25, -0.2) is 4.98 Å². The smallest absolute Gasteiger partial charge is 0.247 e. The zero-order chi connectivity index (χ0) is 14.5. The number of nitrogens with one attached hydrogen (secondary N) is 2. The Labute approximate surface area is 136 Å². The molecule has 104 valence electrons. The maximum atomic E-state index is 12.0. The Bertz CT molecular complexity index is 586. The van der Waals surface area contributed by atoms with Crippen LogP contribution in [0.25, 0.3) is 0 Å². The van der Waals surface area contributed by atoms with Gasteiger partial charge in [0.2, 0.25) is 5.91 Å². The van der Waals surface area contributed by atoms with Gasteiger partial charge in [0.05, 0.1) is 5.02 Å². The third-order valence-electron chi connectivity index (χ3n) is 2.60. The molecule has 0 bridgehead atoms. The predicted octanol–water partition coefficient (Wildman–Crippen LogP) is 3.78. The molecule has 4 nitrogen and oxygen atoms in total. The van der Waals surface area contributed by atoms with Crippen LogP contribution in [-0.2, 0) is 4.79 Å². The van der Waals surface area contributed by atoms with Gasteiger partial charge in [-0.15, -0.1) is 0 Å². The average molecular weight is 402 g/mol. The highest BCUT2D eigenvalue weighted by atomic mass is 127. The maximum absolute atomic E-state index is 12.0. The Morgan fingerprint density at radius 3 is 2.55 bits per heavy atom. The Balaban J connectivity index is 1.94. The fraction of sp³-hybridized carbons (Fsp3) is 0.143. The number of amides is 1. The van der Waals surface area contributed by atoms with Crippen molar-refractivity contribution in [3.63, 3.8) is 0 Å². The molecule has 0 aliphatic carbocycles. The number of nitrogens with zero attached hydrogens (tertiary/aromatic N) is 1. The van der Waals surface area contributed by atoms with Crippen molar-refractivity contribution in [1.29, 1.82) is 0 Å². The Morgan fingerprint density at radius 1 is 1.25 bits per heavy atom. The molecule has 1 aromatic heterocycles. The molecule has 0 spiro atoms. The molecule has 1 aromatic carbocycles. The third-order valence-corrected chi connectivity index (χ3v) is 3.54. The molecule has 0 aliphatic rings.